The molecular formula is C25H29ClFN7O2. The van der Waals surface area contributed by atoms with Crippen LogP contribution in [0, 0.1) is 12.7 Å². The molecule has 0 saturated heterocycles. The Hall–Kier alpha value is -3.31. The third kappa shape index (κ3) is 6.08. The van der Waals surface area contributed by atoms with Crippen molar-refractivity contribution >= 4 is 34.7 Å². The molecule has 0 saturated carbocycles. The summed E-state index contributed by atoms with van der Waals surface area (Å²) in [6, 6.07) is 8.51. The maximum Gasteiger partial charge on any atom is 0.302 e. The smallest absolute Gasteiger partial charge is 0.302 e. The van der Waals surface area contributed by atoms with E-state index in [1.165, 1.54) is 12.3 Å². The van der Waals surface area contributed by atoms with Crippen molar-refractivity contribution in [2.45, 2.75) is 26.3 Å². The Morgan fingerprint density at radius 3 is 2.56 bits per heavy atom. The van der Waals surface area contributed by atoms with Gasteiger partial charge in [0.05, 0.1) is 10.6 Å². The lowest BCUT2D eigenvalue weighted by Crippen LogP contribution is -2.28. The van der Waals surface area contributed by atoms with Crippen LogP contribution in [0.5, 0.6) is 0 Å². The molecule has 0 aliphatic carbocycles. The zero-order chi connectivity index (χ0) is 25.7. The largest absolute Gasteiger partial charge is 0.422 e. The van der Waals surface area contributed by atoms with E-state index in [1.54, 1.807) is 18.2 Å². The monoisotopic (exact) mass is 513 g/mol. The summed E-state index contributed by atoms with van der Waals surface area (Å²) >= 11 is 6.21. The fraction of sp³-hybridized carbons (Fsp3) is 0.320. The first-order chi connectivity index (χ1) is 17.4. The van der Waals surface area contributed by atoms with E-state index in [-0.39, 0.29) is 17.5 Å². The lowest BCUT2D eigenvalue weighted by Gasteiger charge is -2.22. The van der Waals surface area contributed by atoms with Crippen molar-refractivity contribution in [3.05, 3.63) is 68.8 Å². The summed E-state index contributed by atoms with van der Waals surface area (Å²) in [5.74, 6) is -0.256. The molecule has 0 atom stereocenters. The van der Waals surface area contributed by atoms with E-state index in [2.05, 4.69) is 25.2 Å². The van der Waals surface area contributed by atoms with Crippen molar-refractivity contribution in [3.63, 3.8) is 0 Å². The number of aryl methyl sites for hydroxylation is 1. The van der Waals surface area contributed by atoms with Gasteiger partial charge in [-0.15, -0.1) is 0 Å². The standard InChI is InChI=1S/C25H29ClFN7O2/c1-15-10-19(26)22-21(11-15)31-25(36-22)33-24-30-13-18(23(35)32-24)16-4-5-17(20(27)12-16)14-34(8-2-6-28)9-3-7-29/h4-5,10-13H,2-3,6-9,14,28-29H2,1H3,(H2,30,31,32,33,35). The summed E-state index contributed by atoms with van der Waals surface area (Å²) < 4.78 is 20.6. The Balaban J connectivity index is 1.50. The van der Waals surface area contributed by atoms with Gasteiger partial charge in [-0.05, 0) is 75.3 Å². The van der Waals surface area contributed by atoms with Crippen molar-refractivity contribution in [1.29, 1.82) is 0 Å². The topological polar surface area (TPSA) is 139 Å². The van der Waals surface area contributed by atoms with E-state index in [0.717, 1.165) is 31.5 Å². The minimum Gasteiger partial charge on any atom is -0.422 e. The summed E-state index contributed by atoms with van der Waals surface area (Å²) in [7, 11) is 0. The van der Waals surface area contributed by atoms with Crippen molar-refractivity contribution in [2.24, 2.45) is 11.5 Å². The normalized spacial score (nSPS) is 11.5. The Labute approximate surface area is 212 Å². The second-order valence-electron chi connectivity index (χ2n) is 8.57. The SMILES string of the molecule is Cc1cc(Cl)c2oc(Nc3nc(=O)c(-c4ccc(CN(CCCN)CCCN)c(F)c4)c[nH]3)nc2c1. The van der Waals surface area contributed by atoms with Crippen molar-refractivity contribution in [3.8, 4) is 11.1 Å². The Kier molecular flexibility index (Phi) is 8.32. The Morgan fingerprint density at radius 1 is 1.14 bits per heavy atom. The number of anilines is 2. The summed E-state index contributed by atoms with van der Waals surface area (Å²) in [5, 5.41) is 3.27. The summed E-state index contributed by atoms with van der Waals surface area (Å²) in [5.41, 5.74) is 13.9. The van der Waals surface area contributed by atoms with Crippen LogP contribution in [-0.4, -0.2) is 46.0 Å². The molecule has 0 unspecified atom stereocenters. The van der Waals surface area contributed by atoms with Crippen molar-refractivity contribution in [2.75, 3.05) is 31.5 Å². The first kappa shape index (κ1) is 25.8. The van der Waals surface area contributed by atoms with Crippen LogP contribution in [0.15, 0.2) is 45.7 Å². The second kappa shape index (κ2) is 11.6. The maximum absolute atomic E-state index is 14.9. The number of hydrogen-bond acceptors (Lipinski definition) is 8. The van der Waals surface area contributed by atoms with E-state index < -0.39 is 11.4 Å². The van der Waals surface area contributed by atoms with Crippen LogP contribution in [-0.2, 0) is 6.54 Å². The summed E-state index contributed by atoms with van der Waals surface area (Å²) in [6.07, 6.45) is 3.12. The van der Waals surface area contributed by atoms with Gasteiger partial charge < -0.3 is 20.9 Å². The molecule has 2 aromatic carbocycles. The Bertz CT molecular complexity index is 1400. The van der Waals surface area contributed by atoms with Gasteiger partial charge in [0.1, 0.15) is 11.3 Å². The molecule has 11 heteroatoms. The van der Waals surface area contributed by atoms with E-state index in [1.807, 2.05) is 13.0 Å². The van der Waals surface area contributed by atoms with Gasteiger partial charge in [0.2, 0.25) is 5.95 Å². The number of aromatic amines is 1. The molecule has 36 heavy (non-hydrogen) atoms. The highest BCUT2D eigenvalue weighted by Gasteiger charge is 2.14. The predicted octanol–water partition coefficient (Wildman–Crippen LogP) is 3.92. The molecule has 0 amide bonds. The summed E-state index contributed by atoms with van der Waals surface area (Å²) in [4.78, 5) is 26.1. The average molecular weight is 514 g/mol. The molecule has 0 radical (unpaired) electrons. The third-order valence-electron chi connectivity index (χ3n) is 5.73. The fourth-order valence-corrected chi connectivity index (χ4v) is 4.24. The van der Waals surface area contributed by atoms with Gasteiger partial charge in [-0.1, -0.05) is 23.7 Å². The number of nitrogens with two attached hydrogens (primary N) is 2. The van der Waals surface area contributed by atoms with Gasteiger partial charge in [0, 0.05) is 18.3 Å². The van der Waals surface area contributed by atoms with Crippen LogP contribution in [0.4, 0.5) is 16.4 Å². The van der Waals surface area contributed by atoms with Gasteiger partial charge >= 0.3 is 6.01 Å². The van der Waals surface area contributed by atoms with Crippen LogP contribution in [0.25, 0.3) is 22.2 Å². The molecule has 0 aliphatic rings. The molecule has 4 rings (SSSR count). The van der Waals surface area contributed by atoms with Gasteiger partial charge in [0.25, 0.3) is 5.56 Å². The van der Waals surface area contributed by atoms with E-state index >= 15 is 0 Å². The number of aromatic nitrogens is 3. The van der Waals surface area contributed by atoms with Gasteiger partial charge in [-0.25, -0.2) is 4.39 Å². The lowest BCUT2D eigenvalue weighted by molar-refractivity contribution is 0.258. The quantitative estimate of drug-likeness (QED) is 0.236. The Morgan fingerprint density at radius 2 is 1.89 bits per heavy atom. The van der Waals surface area contributed by atoms with Crippen molar-refractivity contribution in [1.82, 2.24) is 19.9 Å². The zero-order valence-electron chi connectivity index (χ0n) is 20.0. The number of rotatable bonds is 11. The number of nitrogens with zero attached hydrogens (tertiary/aromatic N) is 3. The molecule has 0 aliphatic heterocycles. The van der Waals surface area contributed by atoms with Gasteiger partial charge in [-0.3, -0.25) is 15.0 Å². The van der Waals surface area contributed by atoms with Crippen LogP contribution >= 0.6 is 11.6 Å². The highest BCUT2D eigenvalue weighted by atomic mass is 35.5. The van der Waals surface area contributed by atoms with Gasteiger partial charge in [0.15, 0.2) is 5.58 Å². The molecule has 190 valence electrons. The molecule has 9 nitrogen and oxygen atoms in total. The van der Waals surface area contributed by atoms with Crippen LogP contribution in [0.2, 0.25) is 5.02 Å². The maximum atomic E-state index is 14.9. The van der Waals surface area contributed by atoms with E-state index in [0.29, 0.717) is 46.9 Å². The molecule has 6 N–H and O–H groups in total. The number of H-pyrrole nitrogens is 1. The van der Waals surface area contributed by atoms with Gasteiger partial charge in [-0.2, -0.15) is 9.97 Å². The van der Waals surface area contributed by atoms with Crippen LogP contribution in [0.1, 0.15) is 24.0 Å². The molecule has 2 heterocycles. The third-order valence-corrected chi connectivity index (χ3v) is 6.01. The second-order valence-corrected chi connectivity index (χ2v) is 8.98. The lowest BCUT2D eigenvalue weighted by atomic mass is 10.1. The number of hydrogen-bond donors (Lipinski definition) is 4. The van der Waals surface area contributed by atoms with E-state index in [9.17, 15) is 9.18 Å². The zero-order valence-corrected chi connectivity index (χ0v) is 20.7. The predicted molar refractivity (Wildman–Crippen MR) is 140 cm³/mol. The molecule has 2 aromatic heterocycles. The molecule has 4 aromatic rings. The number of halogens is 2. The molecular weight excluding hydrogens is 485 g/mol. The molecule has 0 spiro atoms. The minimum atomic E-state index is -0.527. The number of oxazole rings is 1. The summed E-state index contributed by atoms with van der Waals surface area (Å²) in [6.45, 7) is 5.02. The fourth-order valence-electron chi connectivity index (χ4n) is 3.93. The molecule has 0 fully saturated rings. The minimum absolute atomic E-state index is 0.135. The van der Waals surface area contributed by atoms with E-state index in [4.69, 9.17) is 27.5 Å². The first-order valence-electron chi connectivity index (χ1n) is 11.7. The number of benzene rings is 2. The highest BCUT2D eigenvalue weighted by Crippen LogP contribution is 2.28. The van der Waals surface area contributed by atoms with Crippen LogP contribution < -0.4 is 22.3 Å². The molecule has 0 bridgehead atoms. The number of nitrogens with one attached hydrogen (secondary N) is 2. The average Bonchev–Trinajstić information content (AvgIpc) is 3.24. The first-order valence-corrected chi connectivity index (χ1v) is 12.1. The van der Waals surface area contributed by atoms with Crippen molar-refractivity contribution < 1.29 is 8.81 Å². The van der Waals surface area contributed by atoms with Crippen LogP contribution in [0.3, 0.4) is 0 Å². The highest BCUT2D eigenvalue weighted by molar-refractivity contribution is 6.34. The number of fused-ring (bicyclic) bond motifs is 1.